The largest absolute Gasteiger partial charge is 0.497 e. The van der Waals surface area contributed by atoms with Crippen LogP contribution in [0, 0.1) is 6.07 Å². The maximum absolute atomic E-state index is 5.50. The van der Waals surface area contributed by atoms with Gasteiger partial charge in [-0.15, -0.1) is 0 Å². The number of methoxy groups -OCH3 is 2. The molecule has 4 aromatic rings. The molecule has 0 N–H and O–H groups in total. The van der Waals surface area contributed by atoms with Crippen molar-refractivity contribution in [1.82, 2.24) is 9.38 Å². The summed E-state index contributed by atoms with van der Waals surface area (Å²) >= 11 is 0. The van der Waals surface area contributed by atoms with E-state index in [9.17, 15) is 0 Å². The standard InChI is InChI=1S/C21H17N2O2/c1-24-17-9-10-18(20(12-17)25-2)19-14-23-13-16(8-11-21(23)22-19)15-6-4-3-5-7-15/h3-4,6-14H,1-2H3. The van der Waals surface area contributed by atoms with Crippen molar-refractivity contribution < 1.29 is 9.47 Å². The van der Waals surface area contributed by atoms with Crippen LogP contribution in [0.3, 0.4) is 0 Å². The lowest BCUT2D eigenvalue weighted by Gasteiger charge is -2.08. The van der Waals surface area contributed by atoms with E-state index >= 15 is 0 Å². The van der Waals surface area contributed by atoms with Gasteiger partial charge in [-0.2, -0.15) is 0 Å². The van der Waals surface area contributed by atoms with E-state index in [0.29, 0.717) is 0 Å². The number of aromatic nitrogens is 2. The quantitative estimate of drug-likeness (QED) is 0.553. The Morgan fingerprint density at radius 1 is 0.960 bits per heavy atom. The van der Waals surface area contributed by atoms with Crippen LogP contribution in [0.15, 0.2) is 67.0 Å². The fraction of sp³-hybridized carbons (Fsp3) is 0.0952. The Hall–Kier alpha value is -3.27. The maximum Gasteiger partial charge on any atom is 0.137 e. The van der Waals surface area contributed by atoms with E-state index in [4.69, 9.17) is 14.5 Å². The first kappa shape index (κ1) is 15.3. The Kier molecular flexibility index (Phi) is 3.86. The molecular formula is C21H17N2O2. The summed E-state index contributed by atoms with van der Waals surface area (Å²) in [5.41, 5.74) is 4.92. The van der Waals surface area contributed by atoms with E-state index in [2.05, 4.69) is 24.4 Å². The van der Waals surface area contributed by atoms with Crippen LogP contribution >= 0.6 is 0 Å². The minimum atomic E-state index is 0.737. The number of imidazole rings is 1. The third-order valence-corrected chi connectivity index (χ3v) is 4.18. The van der Waals surface area contributed by atoms with Gasteiger partial charge in [0.25, 0.3) is 0 Å². The van der Waals surface area contributed by atoms with E-state index in [-0.39, 0.29) is 0 Å². The average Bonchev–Trinajstić information content (AvgIpc) is 3.11. The normalized spacial score (nSPS) is 10.8. The van der Waals surface area contributed by atoms with Crippen molar-refractivity contribution in [3.63, 3.8) is 0 Å². The molecule has 0 unspecified atom stereocenters. The second-order valence-corrected chi connectivity index (χ2v) is 5.67. The molecule has 0 aliphatic heterocycles. The lowest BCUT2D eigenvalue weighted by Crippen LogP contribution is -1.90. The van der Waals surface area contributed by atoms with Crippen LogP contribution in [0.4, 0.5) is 0 Å². The molecule has 0 bridgehead atoms. The highest BCUT2D eigenvalue weighted by Crippen LogP contribution is 2.33. The Balaban J connectivity index is 1.80. The van der Waals surface area contributed by atoms with Gasteiger partial charge in [0.1, 0.15) is 17.1 Å². The number of nitrogens with zero attached hydrogens (tertiary/aromatic N) is 2. The SMILES string of the molecule is COc1ccc(-c2cn3cc(-c4c[c]ccc4)ccc3n2)c(OC)c1. The molecule has 0 amide bonds. The van der Waals surface area contributed by atoms with E-state index in [1.165, 1.54) is 0 Å². The van der Waals surface area contributed by atoms with Gasteiger partial charge in [0.15, 0.2) is 0 Å². The fourth-order valence-electron chi connectivity index (χ4n) is 2.88. The van der Waals surface area contributed by atoms with Crippen LogP contribution in [0.5, 0.6) is 11.5 Å². The minimum Gasteiger partial charge on any atom is -0.497 e. The number of benzene rings is 2. The maximum atomic E-state index is 5.50. The lowest BCUT2D eigenvalue weighted by atomic mass is 10.1. The van der Waals surface area contributed by atoms with Gasteiger partial charge >= 0.3 is 0 Å². The third-order valence-electron chi connectivity index (χ3n) is 4.18. The van der Waals surface area contributed by atoms with Gasteiger partial charge in [-0.1, -0.05) is 18.2 Å². The zero-order valence-corrected chi connectivity index (χ0v) is 14.1. The zero-order valence-electron chi connectivity index (χ0n) is 14.1. The molecule has 1 radical (unpaired) electrons. The van der Waals surface area contributed by atoms with Crippen LogP contribution in [-0.2, 0) is 0 Å². The summed E-state index contributed by atoms with van der Waals surface area (Å²) in [5.74, 6) is 1.49. The van der Waals surface area contributed by atoms with Crippen LogP contribution in [0.25, 0.3) is 28.0 Å². The topological polar surface area (TPSA) is 35.8 Å². The zero-order chi connectivity index (χ0) is 17.2. The van der Waals surface area contributed by atoms with Gasteiger partial charge in [0, 0.05) is 24.0 Å². The molecule has 4 heteroatoms. The fourth-order valence-corrected chi connectivity index (χ4v) is 2.88. The number of hydrogen-bond acceptors (Lipinski definition) is 3. The van der Waals surface area contributed by atoms with E-state index in [1.807, 2.05) is 53.1 Å². The smallest absolute Gasteiger partial charge is 0.137 e. The second kappa shape index (κ2) is 6.32. The number of pyridine rings is 1. The summed E-state index contributed by atoms with van der Waals surface area (Å²) < 4.78 is 12.8. The molecule has 0 spiro atoms. The Bertz CT molecular complexity index is 1020. The van der Waals surface area contributed by atoms with Crippen molar-refractivity contribution >= 4 is 5.65 Å². The predicted molar refractivity (Wildman–Crippen MR) is 98.0 cm³/mol. The molecular weight excluding hydrogens is 312 g/mol. The molecule has 0 fully saturated rings. The molecule has 0 saturated carbocycles. The Labute approximate surface area is 146 Å². The number of ether oxygens (including phenoxy) is 2. The minimum absolute atomic E-state index is 0.737. The first-order valence-electron chi connectivity index (χ1n) is 7.96. The molecule has 0 saturated heterocycles. The highest BCUT2D eigenvalue weighted by atomic mass is 16.5. The van der Waals surface area contributed by atoms with Crippen molar-refractivity contribution in [2.45, 2.75) is 0 Å². The number of rotatable bonds is 4. The van der Waals surface area contributed by atoms with Crippen molar-refractivity contribution in [2.24, 2.45) is 0 Å². The van der Waals surface area contributed by atoms with Crippen molar-refractivity contribution in [3.05, 3.63) is 73.1 Å². The highest BCUT2D eigenvalue weighted by Gasteiger charge is 2.11. The molecule has 2 aromatic carbocycles. The first-order valence-corrected chi connectivity index (χ1v) is 7.96. The summed E-state index contributed by atoms with van der Waals surface area (Å²) in [5, 5.41) is 0. The van der Waals surface area contributed by atoms with Gasteiger partial charge < -0.3 is 13.9 Å². The third kappa shape index (κ3) is 2.83. The summed E-state index contributed by atoms with van der Waals surface area (Å²) in [6.07, 6.45) is 4.08. The van der Waals surface area contributed by atoms with Crippen molar-refractivity contribution in [3.8, 4) is 33.9 Å². The Morgan fingerprint density at radius 2 is 1.88 bits per heavy atom. The molecule has 123 valence electrons. The van der Waals surface area contributed by atoms with Gasteiger partial charge in [-0.05, 0) is 47.5 Å². The summed E-state index contributed by atoms with van der Waals surface area (Å²) in [7, 11) is 3.29. The molecule has 2 heterocycles. The van der Waals surface area contributed by atoms with Crippen LogP contribution in [0.1, 0.15) is 0 Å². The predicted octanol–water partition coefficient (Wildman–Crippen LogP) is 4.49. The van der Waals surface area contributed by atoms with Gasteiger partial charge in [-0.3, -0.25) is 0 Å². The second-order valence-electron chi connectivity index (χ2n) is 5.67. The van der Waals surface area contributed by atoms with Crippen LogP contribution in [-0.4, -0.2) is 23.6 Å². The van der Waals surface area contributed by atoms with Crippen molar-refractivity contribution in [2.75, 3.05) is 14.2 Å². The molecule has 4 nitrogen and oxygen atoms in total. The lowest BCUT2D eigenvalue weighted by molar-refractivity contribution is 0.395. The average molecular weight is 329 g/mol. The van der Waals surface area contributed by atoms with Crippen LogP contribution in [0.2, 0.25) is 0 Å². The first-order chi connectivity index (χ1) is 12.3. The van der Waals surface area contributed by atoms with Gasteiger partial charge in [-0.25, -0.2) is 4.98 Å². The summed E-state index contributed by atoms with van der Waals surface area (Å²) in [4.78, 5) is 4.72. The van der Waals surface area contributed by atoms with Gasteiger partial charge in [0.05, 0.1) is 19.9 Å². The molecule has 4 rings (SSSR count). The van der Waals surface area contributed by atoms with Crippen LogP contribution < -0.4 is 9.47 Å². The molecule has 0 atom stereocenters. The van der Waals surface area contributed by atoms with Gasteiger partial charge in [0.2, 0.25) is 0 Å². The molecule has 0 aliphatic rings. The highest BCUT2D eigenvalue weighted by molar-refractivity contribution is 5.72. The number of fused-ring (bicyclic) bond motifs is 1. The number of hydrogen-bond donors (Lipinski definition) is 0. The molecule has 25 heavy (non-hydrogen) atoms. The van der Waals surface area contributed by atoms with Crippen molar-refractivity contribution in [1.29, 1.82) is 0 Å². The monoisotopic (exact) mass is 329 g/mol. The van der Waals surface area contributed by atoms with E-state index in [1.54, 1.807) is 14.2 Å². The summed E-state index contributed by atoms with van der Waals surface area (Å²) in [6, 6.07) is 20.9. The van der Waals surface area contributed by atoms with E-state index < -0.39 is 0 Å². The molecule has 2 aromatic heterocycles. The Morgan fingerprint density at radius 3 is 2.64 bits per heavy atom. The van der Waals surface area contributed by atoms with E-state index in [0.717, 1.165) is 39.5 Å². The molecule has 0 aliphatic carbocycles. The summed E-state index contributed by atoms with van der Waals surface area (Å²) in [6.45, 7) is 0.